The van der Waals surface area contributed by atoms with Crippen molar-refractivity contribution < 1.29 is 18.3 Å². The fourth-order valence-electron chi connectivity index (χ4n) is 4.60. The quantitative estimate of drug-likeness (QED) is 0.524. The molecule has 32 heavy (non-hydrogen) atoms. The number of benzene rings is 2. The standard InChI is InChI=1S/C27H36F3NO/c1-25(2,3)18-16-20(24(32)22(17-18)26(4,5)6)23(31-14-10-7-11-15-31)19-12-8-9-13-21(19)27(28,29)30/h8-9,12-13,16-17,23,32H,7,10-11,14-15H2,1-6H3. The topological polar surface area (TPSA) is 23.5 Å². The number of hydrogen-bond acceptors (Lipinski definition) is 2. The molecule has 0 radical (unpaired) electrons. The summed E-state index contributed by atoms with van der Waals surface area (Å²) >= 11 is 0. The lowest BCUT2D eigenvalue weighted by molar-refractivity contribution is -0.138. The summed E-state index contributed by atoms with van der Waals surface area (Å²) in [5.41, 5.74) is 1.37. The SMILES string of the molecule is CC(C)(C)c1cc(C(c2ccccc2C(F)(F)F)N2CCCCC2)c(O)c(C(C)(C)C)c1. The van der Waals surface area contributed by atoms with Crippen LogP contribution in [0.2, 0.25) is 0 Å². The maximum atomic E-state index is 14.0. The molecule has 0 aromatic heterocycles. The third-order valence-electron chi connectivity index (χ3n) is 6.42. The number of alkyl halides is 3. The Morgan fingerprint density at radius 2 is 1.38 bits per heavy atom. The molecule has 0 saturated carbocycles. The van der Waals surface area contributed by atoms with E-state index in [4.69, 9.17) is 0 Å². The molecule has 176 valence electrons. The molecule has 1 saturated heterocycles. The van der Waals surface area contributed by atoms with Crippen molar-refractivity contribution >= 4 is 0 Å². The Balaban J connectivity index is 2.34. The molecule has 5 heteroatoms. The highest BCUT2D eigenvalue weighted by Crippen LogP contribution is 2.46. The highest BCUT2D eigenvalue weighted by atomic mass is 19.4. The summed E-state index contributed by atoms with van der Waals surface area (Å²) < 4.78 is 42.1. The summed E-state index contributed by atoms with van der Waals surface area (Å²) in [4.78, 5) is 2.11. The van der Waals surface area contributed by atoms with Crippen LogP contribution in [0.5, 0.6) is 5.75 Å². The van der Waals surface area contributed by atoms with Crippen LogP contribution in [0.4, 0.5) is 13.2 Å². The summed E-state index contributed by atoms with van der Waals surface area (Å²) in [6.07, 6.45) is -1.51. The molecule has 1 heterocycles. The summed E-state index contributed by atoms with van der Waals surface area (Å²) in [6, 6.07) is 9.11. The van der Waals surface area contributed by atoms with Gasteiger partial charge in [-0.2, -0.15) is 13.2 Å². The summed E-state index contributed by atoms with van der Waals surface area (Å²) in [5, 5.41) is 11.5. The fraction of sp³-hybridized carbons (Fsp3) is 0.556. The molecular weight excluding hydrogens is 411 g/mol. The van der Waals surface area contributed by atoms with E-state index in [1.165, 1.54) is 6.07 Å². The molecule has 1 fully saturated rings. The van der Waals surface area contributed by atoms with Crippen LogP contribution in [0, 0.1) is 0 Å². The van der Waals surface area contributed by atoms with E-state index in [0.717, 1.165) is 36.5 Å². The Bertz CT molecular complexity index is 945. The molecule has 0 amide bonds. The Kier molecular flexibility index (Phi) is 6.72. The molecule has 2 aromatic rings. The zero-order valence-corrected chi connectivity index (χ0v) is 20.1. The van der Waals surface area contributed by atoms with Crippen molar-refractivity contribution in [1.29, 1.82) is 0 Å². The number of nitrogens with zero attached hydrogens (tertiary/aromatic N) is 1. The first-order chi connectivity index (χ1) is 14.7. The van der Waals surface area contributed by atoms with Crippen LogP contribution in [-0.2, 0) is 17.0 Å². The van der Waals surface area contributed by atoms with Crippen molar-refractivity contribution in [3.05, 3.63) is 64.2 Å². The summed E-state index contributed by atoms with van der Waals surface area (Å²) in [6.45, 7) is 13.8. The van der Waals surface area contributed by atoms with Gasteiger partial charge >= 0.3 is 6.18 Å². The first-order valence-corrected chi connectivity index (χ1v) is 11.5. The molecule has 0 spiro atoms. The lowest BCUT2D eigenvalue weighted by Gasteiger charge is -2.38. The third kappa shape index (κ3) is 5.14. The Morgan fingerprint density at radius 1 is 0.781 bits per heavy atom. The van der Waals surface area contributed by atoms with E-state index in [1.807, 2.05) is 32.9 Å². The molecule has 3 rings (SSSR count). The van der Waals surface area contributed by atoms with Crippen molar-refractivity contribution in [3.8, 4) is 5.75 Å². The van der Waals surface area contributed by atoms with Gasteiger partial charge in [0.05, 0.1) is 11.6 Å². The number of rotatable bonds is 3. The van der Waals surface area contributed by atoms with Gasteiger partial charge < -0.3 is 5.11 Å². The zero-order valence-electron chi connectivity index (χ0n) is 20.1. The molecule has 1 atom stereocenters. The van der Waals surface area contributed by atoms with E-state index in [1.54, 1.807) is 12.1 Å². The van der Waals surface area contributed by atoms with Crippen LogP contribution in [0.3, 0.4) is 0 Å². The lowest BCUT2D eigenvalue weighted by atomic mass is 9.77. The smallest absolute Gasteiger partial charge is 0.416 e. The van der Waals surface area contributed by atoms with Gasteiger partial charge in [0.1, 0.15) is 5.75 Å². The van der Waals surface area contributed by atoms with E-state index in [2.05, 4.69) is 25.7 Å². The first-order valence-electron chi connectivity index (χ1n) is 11.5. The van der Waals surface area contributed by atoms with E-state index < -0.39 is 17.8 Å². The number of piperidine rings is 1. The molecule has 2 nitrogen and oxygen atoms in total. The average molecular weight is 448 g/mol. The second kappa shape index (κ2) is 8.74. The van der Waals surface area contributed by atoms with Gasteiger partial charge in [-0.25, -0.2) is 0 Å². The van der Waals surface area contributed by atoms with E-state index in [-0.39, 0.29) is 22.1 Å². The number of phenols is 1. The highest BCUT2D eigenvalue weighted by molar-refractivity contribution is 5.53. The van der Waals surface area contributed by atoms with Gasteiger partial charge in [0, 0.05) is 5.56 Å². The lowest BCUT2D eigenvalue weighted by Crippen LogP contribution is -2.36. The van der Waals surface area contributed by atoms with Gasteiger partial charge in [-0.1, -0.05) is 72.2 Å². The monoisotopic (exact) mass is 447 g/mol. The molecule has 2 aromatic carbocycles. The van der Waals surface area contributed by atoms with Gasteiger partial charge in [0.15, 0.2) is 0 Å². The van der Waals surface area contributed by atoms with Gasteiger partial charge in [0.2, 0.25) is 0 Å². The maximum Gasteiger partial charge on any atom is 0.416 e. The van der Waals surface area contributed by atoms with Crippen LogP contribution in [-0.4, -0.2) is 23.1 Å². The van der Waals surface area contributed by atoms with Crippen molar-refractivity contribution in [2.45, 2.75) is 83.9 Å². The van der Waals surface area contributed by atoms with Crippen molar-refractivity contribution in [2.75, 3.05) is 13.1 Å². The minimum atomic E-state index is -4.46. The van der Waals surface area contributed by atoms with Crippen LogP contribution >= 0.6 is 0 Å². The molecule has 1 N–H and O–H groups in total. The van der Waals surface area contributed by atoms with Crippen LogP contribution < -0.4 is 0 Å². The molecule has 1 unspecified atom stereocenters. The molecule has 1 aliphatic heterocycles. The molecule has 1 aliphatic rings. The predicted octanol–water partition coefficient (Wildman–Crippen LogP) is 7.58. The zero-order chi connectivity index (χ0) is 23.9. The number of aromatic hydroxyl groups is 1. The van der Waals surface area contributed by atoms with Gasteiger partial charge in [-0.05, 0) is 65.6 Å². The van der Waals surface area contributed by atoms with E-state index >= 15 is 0 Å². The summed E-state index contributed by atoms with van der Waals surface area (Å²) in [5.74, 6) is 0.109. The minimum Gasteiger partial charge on any atom is -0.507 e. The van der Waals surface area contributed by atoms with Crippen molar-refractivity contribution in [1.82, 2.24) is 4.90 Å². The average Bonchev–Trinajstić information content (AvgIpc) is 2.68. The highest BCUT2D eigenvalue weighted by Gasteiger charge is 2.39. The molecule has 0 aliphatic carbocycles. The number of halogens is 3. The second-order valence-electron chi connectivity index (χ2n) is 11.0. The minimum absolute atomic E-state index is 0.109. The van der Waals surface area contributed by atoms with E-state index in [9.17, 15) is 18.3 Å². The summed E-state index contributed by atoms with van der Waals surface area (Å²) in [7, 11) is 0. The Labute approximate surface area is 190 Å². The normalized spacial score (nSPS) is 17.4. The largest absolute Gasteiger partial charge is 0.507 e. The third-order valence-corrected chi connectivity index (χ3v) is 6.42. The van der Waals surface area contributed by atoms with Gasteiger partial charge in [0.25, 0.3) is 0 Å². The fourth-order valence-corrected chi connectivity index (χ4v) is 4.60. The van der Waals surface area contributed by atoms with Crippen LogP contribution in [0.15, 0.2) is 36.4 Å². The van der Waals surface area contributed by atoms with Gasteiger partial charge in [-0.3, -0.25) is 4.90 Å². The Morgan fingerprint density at radius 3 is 1.91 bits per heavy atom. The first kappa shape index (κ1) is 24.6. The Hall–Kier alpha value is -2.01. The number of likely N-dealkylation sites (tertiary alicyclic amines) is 1. The second-order valence-corrected chi connectivity index (χ2v) is 11.0. The molecule has 0 bridgehead atoms. The van der Waals surface area contributed by atoms with E-state index in [0.29, 0.717) is 18.7 Å². The van der Waals surface area contributed by atoms with Crippen LogP contribution in [0.1, 0.15) is 94.7 Å². The molecular formula is C27H36F3NO. The predicted molar refractivity (Wildman–Crippen MR) is 124 cm³/mol. The van der Waals surface area contributed by atoms with Gasteiger partial charge in [-0.15, -0.1) is 0 Å². The number of hydrogen-bond donors (Lipinski definition) is 1. The maximum absolute atomic E-state index is 14.0. The van der Waals surface area contributed by atoms with Crippen LogP contribution in [0.25, 0.3) is 0 Å². The van der Waals surface area contributed by atoms with Crippen molar-refractivity contribution in [3.63, 3.8) is 0 Å². The number of phenolic OH excluding ortho intramolecular Hbond substituents is 1. The van der Waals surface area contributed by atoms with Crippen molar-refractivity contribution in [2.24, 2.45) is 0 Å².